The van der Waals surface area contributed by atoms with Gasteiger partial charge in [0.1, 0.15) is 11.9 Å². The van der Waals surface area contributed by atoms with Crippen LogP contribution in [0.4, 0.5) is 0 Å². The zero-order valence-corrected chi connectivity index (χ0v) is 14.8. The molecule has 3 rings (SSSR count). The van der Waals surface area contributed by atoms with Gasteiger partial charge in [-0.3, -0.25) is 4.90 Å². The van der Waals surface area contributed by atoms with Crippen molar-refractivity contribution in [1.29, 1.82) is 0 Å². The lowest BCUT2D eigenvalue weighted by atomic mass is 10.00. The maximum Gasteiger partial charge on any atom is 0.119 e. The fourth-order valence-corrected chi connectivity index (χ4v) is 4.00. The summed E-state index contributed by atoms with van der Waals surface area (Å²) in [5.41, 5.74) is 1.29. The van der Waals surface area contributed by atoms with Crippen LogP contribution in [0.25, 0.3) is 0 Å². The van der Waals surface area contributed by atoms with Gasteiger partial charge in [0, 0.05) is 25.7 Å². The van der Waals surface area contributed by atoms with E-state index >= 15 is 0 Å². The Kier molecular flexibility index (Phi) is 5.96. The zero-order chi connectivity index (χ0) is 16.1. The first-order valence-corrected chi connectivity index (χ1v) is 9.44. The van der Waals surface area contributed by atoms with Crippen LogP contribution in [0.5, 0.6) is 5.75 Å². The molecule has 1 aromatic carbocycles. The first-order chi connectivity index (χ1) is 11.2. The molecule has 2 aliphatic heterocycles. The minimum absolute atomic E-state index is 0.391. The predicted molar refractivity (Wildman–Crippen MR) is 96.2 cm³/mol. The molecule has 0 amide bonds. The third-order valence-electron chi connectivity index (χ3n) is 5.48. The molecular formula is C20H32N2O. The molecule has 1 atom stereocenters. The second kappa shape index (κ2) is 8.16. The van der Waals surface area contributed by atoms with E-state index in [2.05, 4.69) is 47.9 Å². The molecular weight excluding hydrogens is 284 g/mol. The lowest BCUT2D eigenvalue weighted by molar-refractivity contribution is 0.0638. The Hall–Kier alpha value is -1.06. The van der Waals surface area contributed by atoms with Gasteiger partial charge < -0.3 is 9.64 Å². The highest BCUT2D eigenvalue weighted by atomic mass is 16.5. The summed E-state index contributed by atoms with van der Waals surface area (Å²) in [7, 11) is 0. The van der Waals surface area contributed by atoms with Crippen LogP contribution in [-0.2, 0) is 0 Å². The van der Waals surface area contributed by atoms with Crippen LogP contribution in [-0.4, -0.2) is 54.7 Å². The molecule has 2 saturated heterocycles. The van der Waals surface area contributed by atoms with E-state index in [1.807, 2.05) is 0 Å². The molecule has 2 fully saturated rings. The Morgan fingerprint density at radius 2 is 1.74 bits per heavy atom. The third-order valence-corrected chi connectivity index (χ3v) is 5.48. The maximum atomic E-state index is 6.15. The van der Waals surface area contributed by atoms with Gasteiger partial charge in [0.05, 0.1) is 0 Å². The van der Waals surface area contributed by atoms with Crippen molar-refractivity contribution in [2.75, 3.05) is 32.7 Å². The maximum absolute atomic E-state index is 6.15. The quantitative estimate of drug-likeness (QED) is 0.823. The standard InChI is InChI=1S/C20H32N2O/c1-3-22-13-5-4-6-18(22)16-21-14-11-20(12-15-21)23-19-9-7-17(2)8-10-19/h7-10,18,20H,3-6,11-16H2,1-2H3. The lowest BCUT2D eigenvalue weighted by Crippen LogP contribution is -2.49. The number of likely N-dealkylation sites (N-methyl/N-ethyl adjacent to an activating group) is 1. The number of aryl methyl sites for hydroxylation is 1. The summed E-state index contributed by atoms with van der Waals surface area (Å²) >= 11 is 0. The molecule has 0 N–H and O–H groups in total. The number of benzene rings is 1. The number of ether oxygens (including phenoxy) is 1. The third kappa shape index (κ3) is 4.71. The summed E-state index contributed by atoms with van der Waals surface area (Å²) in [5, 5.41) is 0. The van der Waals surface area contributed by atoms with Crippen molar-refractivity contribution in [3.05, 3.63) is 29.8 Å². The highest BCUT2D eigenvalue weighted by Gasteiger charge is 2.26. The summed E-state index contributed by atoms with van der Waals surface area (Å²) in [6.07, 6.45) is 6.89. The number of nitrogens with zero attached hydrogens (tertiary/aromatic N) is 2. The summed E-state index contributed by atoms with van der Waals surface area (Å²) in [5.74, 6) is 1.03. The van der Waals surface area contributed by atoms with Gasteiger partial charge in [-0.25, -0.2) is 0 Å². The molecule has 23 heavy (non-hydrogen) atoms. The summed E-state index contributed by atoms with van der Waals surface area (Å²) in [6, 6.07) is 9.24. The van der Waals surface area contributed by atoms with E-state index in [0.29, 0.717) is 6.10 Å². The summed E-state index contributed by atoms with van der Waals surface area (Å²) < 4.78 is 6.15. The first kappa shape index (κ1) is 16.8. The molecule has 3 nitrogen and oxygen atoms in total. The van der Waals surface area contributed by atoms with Gasteiger partial charge in [-0.1, -0.05) is 31.0 Å². The fourth-order valence-electron chi connectivity index (χ4n) is 4.00. The Morgan fingerprint density at radius 3 is 2.43 bits per heavy atom. The largest absolute Gasteiger partial charge is 0.490 e. The molecule has 1 unspecified atom stereocenters. The number of rotatable bonds is 5. The van der Waals surface area contributed by atoms with Crippen molar-refractivity contribution < 1.29 is 4.74 Å². The minimum atomic E-state index is 0.391. The van der Waals surface area contributed by atoms with Crippen LogP contribution in [0, 0.1) is 6.92 Å². The van der Waals surface area contributed by atoms with E-state index in [1.54, 1.807) is 0 Å². The molecule has 1 aromatic rings. The van der Waals surface area contributed by atoms with Crippen LogP contribution in [0.3, 0.4) is 0 Å². The van der Waals surface area contributed by atoms with E-state index in [9.17, 15) is 0 Å². The van der Waals surface area contributed by atoms with Crippen molar-refractivity contribution in [3.63, 3.8) is 0 Å². The molecule has 0 bridgehead atoms. The molecule has 2 heterocycles. The van der Waals surface area contributed by atoms with E-state index in [1.165, 1.54) is 57.5 Å². The number of piperidine rings is 2. The predicted octanol–water partition coefficient (Wildman–Crippen LogP) is 3.71. The number of likely N-dealkylation sites (tertiary alicyclic amines) is 2. The summed E-state index contributed by atoms with van der Waals surface area (Å²) in [4.78, 5) is 5.34. The Bertz CT molecular complexity index is 465. The van der Waals surface area contributed by atoms with Crippen LogP contribution >= 0.6 is 0 Å². The molecule has 0 aromatic heterocycles. The van der Waals surface area contributed by atoms with Gasteiger partial charge in [0.15, 0.2) is 0 Å². The van der Waals surface area contributed by atoms with Gasteiger partial charge >= 0.3 is 0 Å². The number of hydrogen-bond acceptors (Lipinski definition) is 3. The number of hydrogen-bond donors (Lipinski definition) is 0. The molecule has 0 aliphatic carbocycles. The van der Waals surface area contributed by atoms with Crippen molar-refractivity contribution in [2.24, 2.45) is 0 Å². The van der Waals surface area contributed by atoms with Gasteiger partial charge in [0.2, 0.25) is 0 Å². The lowest BCUT2D eigenvalue weighted by Gasteiger charge is -2.40. The normalized spacial score (nSPS) is 24.7. The monoisotopic (exact) mass is 316 g/mol. The highest BCUT2D eigenvalue weighted by molar-refractivity contribution is 5.26. The fraction of sp³-hybridized carbons (Fsp3) is 0.700. The van der Waals surface area contributed by atoms with Crippen molar-refractivity contribution in [1.82, 2.24) is 9.80 Å². The van der Waals surface area contributed by atoms with E-state index in [-0.39, 0.29) is 0 Å². The van der Waals surface area contributed by atoms with Crippen LogP contribution < -0.4 is 4.74 Å². The van der Waals surface area contributed by atoms with Gasteiger partial charge in [-0.05, 0) is 57.8 Å². The second-order valence-corrected chi connectivity index (χ2v) is 7.21. The van der Waals surface area contributed by atoms with E-state index < -0.39 is 0 Å². The van der Waals surface area contributed by atoms with Gasteiger partial charge in [-0.15, -0.1) is 0 Å². The molecule has 2 aliphatic rings. The Balaban J connectivity index is 1.43. The smallest absolute Gasteiger partial charge is 0.119 e. The van der Waals surface area contributed by atoms with Crippen molar-refractivity contribution >= 4 is 0 Å². The molecule has 0 spiro atoms. The van der Waals surface area contributed by atoms with Crippen LogP contribution in [0.1, 0.15) is 44.6 Å². The van der Waals surface area contributed by atoms with Gasteiger partial charge in [0.25, 0.3) is 0 Å². The van der Waals surface area contributed by atoms with Crippen LogP contribution in [0.15, 0.2) is 24.3 Å². The zero-order valence-electron chi connectivity index (χ0n) is 14.8. The average Bonchev–Trinajstić information content (AvgIpc) is 2.59. The first-order valence-electron chi connectivity index (χ1n) is 9.44. The molecule has 128 valence electrons. The van der Waals surface area contributed by atoms with Gasteiger partial charge in [-0.2, -0.15) is 0 Å². The van der Waals surface area contributed by atoms with Crippen LogP contribution in [0.2, 0.25) is 0 Å². The SMILES string of the molecule is CCN1CCCCC1CN1CCC(Oc2ccc(C)cc2)CC1. The highest BCUT2D eigenvalue weighted by Crippen LogP contribution is 2.22. The van der Waals surface area contributed by atoms with Crippen molar-refractivity contribution in [2.45, 2.75) is 58.1 Å². The second-order valence-electron chi connectivity index (χ2n) is 7.21. The summed E-state index contributed by atoms with van der Waals surface area (Å²) in [6.45, 7) is 10.6. The average molecular weight is 316 g/mol. The Labute approximate surface area is 141 Å². The van der Waals surface area contributed by atoms with E-state index in [0.717, 1.165) is 24.6 Å². The minimum Gasteiger partial charge on any atom is -0.490 e. The van der Waals surface area contributed by atoms with E-state index in [4.69, 9.17) is 4.74 Å². The van der Waals surface area contributed by atoms with Crippen molar-refractivity contribution in [3.8, 4) is 5.75 Å². The molecule has 0 saturated carbocycles. The Morgan fingerprint density at radius 1 is 1.00 bits per heavy atom. The molecule has 0 radical (unpaired) electrons. The molecule has 3 heteroatoms. The topological polar surface area (TPSA) is 15.7 Å².